The van der Waals surface area contributed by atoms with Crippen LogP contribution in [0.4, 0.5) is 11.6 Å². The van der Waals surface area contributed by atoms with Gasteiger partial charge in [0.05, 0.1) is 11.2 Å². The summed E-state index contributed by atoms with van der Waals surface area (Å²) in [5.41, 5.74) is 1.54. The van der Waals surface area contributed by atoms with E-state index in [1.807, 2.05) is 25.1 Å². The van der Waals surface area contributed by atoms with Gasteiger partial charge >= 0.3 is 6.01 Å². The molecule has 4 aromatic rings. The molecule has 34 heavy (non-hydrogen) atoms. The first-order valence-electron chi connectivity index (χ1n) is 11.1. The second kappa shape index (κ2) is 8.11. The Hall–Kier alpha value is -3.97. The number of terminal acetylenes is 1. The van der Waals surface area contributed by atoms with Crippen molar-refractivity contribution in [1.29, 1.82) is 0 Å². The minimum atomic E-state index is -0.357. The topological polar surface area (TPSA) is 105 Å². The van der Waals surface area contributed by atoms with Crippen molar-refractivity contribution < 1.29 is 9.53 Å². The maximum absolute atomic E-state index is 12.7. The Balaban J connectivity index is 1.37. The fraction of sp³-hybridized carbons (Fsp3) is 0.292. The molecule has 170 valence electrons. The smallest absolute Gasteiger partial charge is 0.328 e. The summed E-state index contributed by atoms with van der Waals surface area (Å²) >= 11 is 1.44. The molecule has 5 heterocycles. The number of aromatic nitrogens is 4. The van der Waals surface area contributed by atoms with Crippen LogP contribution in [0.2, 0.25) is 0 Å². The summed E-state index contributed by atoms with van der Waals surface area (Å²) in [5.74, 6) is 4.07. The Morgan fingerprint density at radius 2 is 2.00 bits per heavy atom. The van der Waals surface area contributed by atoms with Crippen molar-refractivity contribution >= 4 is 49.9 Å². The minimum absolute atomic E-state index is 0.163. The molecule has 2 aliphatic heterocycles. The lowest BCUT2D eigenvalue weighted by Gasteiger charge is -2.15. The number of aryl methyl sites for hydroxylation is 1. The lowest BCUT2D eigenvalue weighted by molar-refractivity contribution is 0.0954. The van der Waals surface area contributed by atoms with Crippen LogP contribution in [0.15, 0.2) is 24.3 Å². The fourth-order valence-electron chi connectivity index (χ4n) is 4.39. The number of amides is 1. The van der Waals surface area contributed by atoms with Gasteiger partial charge in [0.25, 0.3) is 5.91 Å². The van der Waals surface area contributed by atoms with E-state index in [9.17, 15) is 4.79 Å². The highest BCUT2D eigenvalue weighted by Crippen LogP contribution is 2.41. The van der Waals surface area contributed by atoms with Gasteiger partial charge in [-0.15, -0.1) is 17.8 Å². The van der Waals surface area contributed by atoms with Crippen LogP contribution in [-0.4, -0.2) is 51.5 Å². The zero-order chi connectivity index (χ0) is 23.2. The normalized spacial score (nSPS) is 17.7. The summed E-state index contributed by atoms with van der Waals surface area (Å²) in [5, 5.41) is 8.11. The first-order valence-corrected chi connectivity index (χ1v) is 11.9. The maximum Gasteiger partial charge on any atom is 0.328 e. The number of nitrogens with one attached hydrogen (secondary N) is 2. The monoisotopic (exact) mass is 471 g/mol. The average molecular weight is 472 g/mol. The van der Waals surface area contributed by atoms with Crippen LogP contribution in [0.1, 0.15) is 28.3 Å². The molecule has 1 aromatic carbocycles. The zero-order valence-electron chi connectivity index (χ0n) is 18.5. The summed E-state index contributed by atoms with van der Waals surface area (Å²) in [6, 6.07) is 7.51. The summed E-state index contributed by atoms with van der Waals surface area (Å²) < 4.78 is 6.94. The number of pyridine rings is 1. The molecule has 1 atom stereocenters. The van der Waals surface area contributed by atoms with Gasteiger partial charge in [0.2, 0.25) is 11.8 Å². The van der Waals surface area contributed by atoms with E-state index in [4.69, 9.17) is 11.2 Å². The molecule has 1 amide bonds. The minimum Gasteiger partial charge on any atom is -0.405 e. The second-order valence-corrected chi connectivity index (χ2v) is 9.35. The van der Waals surface area contributed by atoms with Crippen LogP contribution >= 0.6 is 11.3 Å². The van der Waals surface area contributed by atoms with Crippen LogP contribution in [0.3, 0.4) is 0 Å². The van der Waals surface area contributed by atoms with E-state index >= 15 is 0 Å². The third kappa shape index (κ3) is 3.54. The highest BCUT2D eigenvalue weighted by atomic mass is 32.1. The van der Waals surface area contributed by atoms with E-state index in [0.29, 0.717) is 29.1 Å². The number of rotatable bonds is 3. The molecule has 0 radical (unpaired) electrons. The Morgan fingerprint density at radius 1 is 1.15 bits per heavy atom. The number of benzene rings is 1. The van der Waals surface area contributed by atoms with Gasteiger partial charge < -0.3 is 20.3 Å². The van der Waals surface area contributed by atoms with E-state index in [0.717, 1.165) is 52.6 Å². The van der Waals surface area contributed by atoms with Crippen molar-refractivity contribution in [2.75, 3.05) is 29.9 Å². The maximum atomic E-state index is 12.7. The largest absolute Gasteiger partial charge is 0.405 e. The Labute approximate surface area is 199 Å². The van der Waals surface area contributed by atoms with Gasteiger partial charge in [-0.25, -0.2) is 4.98 Å². The molecule has 1 saturated heterocycles. The van der Waals surface area contributed by atoms with Gasteiger partial charge in [0.15, 0.2) is 0 Å². The number of fused-ring (bicyclic) bond motifs is 5. The predicted molar refractivity (Wildman–Crippen MR) is 132 cm³/mol. The summed E-state index contributed by atoms with van der Waals surface area (Å²) in [6.07, 6.45) is 7.80. The Kier molecular flexibility index (Phi) is 4.92. The van der Waals surface area contributed by atoms with E-state index in [-0.39, 0.29) is 18.0 Å². The van der Waals surface area contributed by atoms with Crippen LogP contribution in [0, 0.1) is 19.3 Å². The number of carbonyl (C=O) groups is 1. The summed E-state index contributed by atoms with van der Waals surface area (Å²) in [4.78, 5) is 33.4. The predicted octanol–water partition coefficient (Wildman–Crippen LogP) is 3.49. The number of thiophene rings is 1. The number of carbonyl (C=O) groups excluding carboxylic acids is 1. The highest BCUT2D eigenvalue weighted by Gasteiger charge is 2.26. The molecule has 0 bridgehead atoms. The Bertz CT molecular complexity index is 1490. The van der Waals surface area contributed by atoms with Gasteiger partial charge in [-0.1, -0.05) is 5.92 Å². The molecule has 2 N–H and O–H groups in total. The van der Waals surface area contributed by atoms with Crippen molar-refractivity contribution in [3.8, 4) is 24.2 Å². The lowest BCUT2D eigenvalue weighted by Crippen LogP contribution is -2.35. The van der Waals surface area contributed by atoms with Gasteiger partial charge in [-0.05, 0) is 38.0 Å². The van der Waals surface area contributed by atoms with E-state index in [1.54, 1.807) is 6.07 Å². The number of anilines is 2. The van der Waals surface area contributed by atoms with Gasteiger partial charge in [-0.2, -0.15) is 15.0 Å². The molecule has 9 nitrogen and oxygen atoms in total. The number of hydrogen-bond acceptors (Lipinski definition) is 9. The van der Waals surface area contributed by atoms with Crippen molar-refractivity contribution in [2.45, 2.75) is 25.8 Å². The van der Waals surface area contributed by atoms with Gasteiger partial charge in [0, 0.05) is 41.2 Å². The molecule has 0 aliphatic carbocycles. The van der Waals surface area contributed by atoms with Crippen LogP contribution in [0.5, 0.6) is 11.9 Å². The first-order chi connectivity index (χ1) is 16.6. The lowest BCUT2D eigenvalue weighted by atomic mass is 10.1. The van der Waals surface area contributed by atoms with Gasteiger partial charge in [0.1, 0.15) is 16.7 Å². The van der Waals surface area contributed by atoms with Crippen molar-refractivity contribution in [3.05, 3.63) is 35.0 Å². The molecule has 10 heteroatoms. The van der Waals surface area contributed by atoms with Crippen LogP contribution in [0.25, 0.3) is 21.0 Å². The van der Waals surface area contributed by atoms with Crippen LogP contribution < -0.4 is 20.3 Å². The molecular weight excluding hydrogens is 450 g/mol. The SMILES string of the molecule is C#C[C@@H]1CNc2c(sc3ccc4nc(Oc5nc(C)nc(N6CCCC6)n5)ccc4c23)C(=O)N1. The molecule has 6 rings (SSSR count). The molecule has 1 fully saturated rings. The molecule has 0 saturated carbocycles. The number of nitrogens with zero attached hydrogens (tertiary/aromatic N) is 5. The average Bonchev–Trinajstić information content (AvgIpc) is 3.46. The molecular formula is C24H21N7O2S. The third-order valence-electron chi connectivity index (χ3n) is 5.99. The number of ether oxygens (including phenoxy) is 1. The van der Waals surface area contributed by atoms with Crippen LogP contribution in [-0.2, 0) is 0 Å². The number of hydrogen-bond donors (Lipinski definition) is 2. The van der Waals surface area contributed by atoms with Crippen molar-refractivity contribution in [3.63, 3.8) is 0 Å². The highest BCUT2D eigenvalue weighted by molar-refractivity contribution is 7.21. The molecule has 3 aromatic heterocycles. The zero-order valence-corrected chi connectivity index (χ0v) is 19.3. The molecule has 0 spiro atoms. The van der Waals surface area contributed by atoms with E-state index in [1.165, 1.54) is 11.3 Å². The third-order valence-corrected chi connectivity index (χ3v) is 7.15. The summed E-state index contributed by atoms with van der Waals surface area (Å²) in [7, 11) is 0. The standard InChI is InChI=1S/C24H21N7O2S/c1-3-14-12-25-20-19-15-6-9-18(29-16(15)7-8-17(19)34-21(20)22(32)28-14)33-24-27-13(2)26-23(30-24)31-10-4-5-11-31/h1,6-9,14,25H,4-5,10-12H2,2H3,(H,28,32)/t14-/m1/s1. The van der Waals surface area contributed by atoms with Crippen molar-refractivity contribution in [1.82, 2.24) is 25.3 Å². The fourth-order valence-corrected chi connectivity index (χ4v) is 5.49. The van der Waals surface area contributed by atoms with E-state index < -0.39 is 0 Å². The van der Waals surface area contributed by atoms with Crippen molar-refractivity contribution in [2.24, 2.45) is 0 Å². The second-order valence-electron chi connectivity index (χ2n) is 8.30. The van der Waals surface area contributed by atoms with Gasteiger partial charge in [-0.3, -0.25) is 4.79 Å². The summed E-state index contributed by atoms with van der Waals surface area (Å²) in [6.45, 7) is 4.16. The van der Waals surface area contributed by atoms with E-state index in [2.05, 4.69) is 41.4 Å². The first kappa shape index (κ1) is 20.6. The quantitative estimate of drug-likeness (QED) is 0.438. The molecule has 2 aliphatic rings. The molecule has 0 unspecified atom stereocenters. The Morgan fingerprint density at radius 3 is 2.82 bits per heavy atom.